The molecule has 2 saturated heterocycles. The van der Waals surface area contributed by atoms with Gasteiger partial charge in [-0.05, 0) is 11.1 Å². The molecule has 15 heteroatoms. The zero-order valence-electron chi connectivity index (χ0n) is 20.9. The fourth-order valence-corrected chi connectivity index (χ4v) is 4.54. The molecule has 5 rings (SSSR count). The SMILES string of the molecule is Cn1cc(-c2ccc(-c3cncc(C(F)(F)F)c3N3CCC4(CC3)CNC(=O)O4)cc2)cn1.O=C(O)C(F)(F)F. The average Bonchev–Trinajstić information content (AvgIpc) is 3.49. The monoisotopic (exact) mass is 571 g/mol. The molecule has 0 unspecified atom stereocenters. The van der Waals surface area contributed by atoms with Crippen LogP contribution in [0.15, 0.2) is 49.1 Å². The van der Waals surface area contributed by atoms with E-state index in [2.05, 4.69) is 15.4 Å². The maximum atomic E-state index is 14.0. The minimum Gasteiger partial charge on any atom is -0.475 e. The van der Waals surface area contributed by atoms with Crippen LogP contribution in [-0.2, 0) is 22.8 Å². The zero-order chi connectivity index (χ0) is 29.3. The lowest BCUT2D eigenvalue weighted by Crippen LogP contribution is -2.47. The second kappa shape index (κ2) is 10.7. The van der Waals surface area contributed by atoms with Crippen molar-refractivity contribution < 1.29 is 45.8 Å². The summed E-state index contributed by atoms with van der Waals surface area (Å²) < 4.78 is 80.8. The second-order valence-corrected chi connectivity index (χ2v) is 9.28. The van der Waals surface area contributed by atoms with E-state index in [9.17, 15) is 31.1 Å². The number of aromatic nitrogens is 3. The Hall–Kier alpha value is -4.30. The second-order valence-electron chi connectivity index (χ2n) is 9.28. The summed E-state index contributed by atoms with van der Waals surface area (Å²) in [6.07, 6.45) is -3.24. The molecule has 0 radical (unpaired) electrons. The molecule has 0 saturated carbocycles. The lowest BCUT2D eigenvalue weighted by molar-refractivity contribution is -0.192. The van der Waals surface area contributed by atoms with Crippen molar-refractivity contribution in [1.29, 1.82) is 0 Å². The first-order chi connectivity index (χ1) is 18.7. The Morgan fingerprint density at radius 1 is 1.00 bits per heavy atom. The summed E-state index contributed by atoms with van der Waals surface area (Å²) in [5.74, 6) is -2.76. The van der Waals surface area contributed by atoms with Gasteiger partial charge in [0.05, 0.1) is 24.0 Å². The number of amides is 1. The summed E-state index contributed by atoms with van der Waals surface area (Å²) in [5.41, 5.74) is 1.60. The van der Waals surface area contributed by atoms with Crippen molar-refractivity contribution in [3.63, 3.8) is 0 Å². The standard InChI is InChI=1S/C23H22F3N5O2.C2HF3O2/c1-30-13-17(10-29-30)15-2-4-16(5-3-15)18-11-27-12-19(23(24,25)26)20(18)31-8-6-22(7-9-31)14-28-21(32)33-22;3-2(4,5)1(6)7/h2-5,10-13H,6-9,14H2,1H3,(H,28,32);(H,6,7). The van der Waals surface area contributed by atoms with Gasteiger partial charge in [0.25, 0.3) is 0 Å². The van der Waals surface area contributed by atoms with Crippen LogP contribution < -0.4 is 10.2 Å². The van der Waals surface area contributed by atoms with Crippen LogP contribution in [-0.4, -0.2) is 63.3 Å². The van der Waals surface area contributed by atoms with Crippen molar-refractivity contribution in [1.82, 2.24) is 20.1 Å². The number of carbonyl (C=O) groups is 2. The smallest absolute Gasteiger partial charge is 0.475 e. The molecule has 0 bridgehead atoms. The molecule has 2 N–H and O–H groups in total. The van der Waals surface area contributed by atoms with E-state index in [-0.39, 0.29) is 5.69 Å². The number of aliphatic carboxylic acids is 1. The third-order valence-electron chi connectivity index (χ3n) is 6.55. The van der Waals surface area contributed by atoms with E-state index in [1.54, 1.807) is 27.9 Å². The molecule has 4 heterocycles. The average molecular weight is 571 g/mol. The van der Waals surface area contributed by atoms with Crippen molar-refractivity contribution in [2.45, 2.75) is 30.8 Å². The molecule has 2 aliphatic rings. The summed E-state index contributed by atoms with van der Waals surface area (Å²) in [5, 5.41) is 13.9. The lowest BCUT2D eigenvalue weighted by Gasteiger charge is -2.39. The predicted octanol–water partition coefficient (Wildman–Crippen LogP) is 4.88. The molecule has 0 aliphatic carbocycles. The Balaban J connectivity index is 0.000000470. The molecule has 2 aliphatic heterocycles. The largest absolute Gasteiger partial charge is 0.490 e. The number of nitrogens with zero attached hydrogens (tertiary/aromatic N) is 4. The van der Waals surface area contributed by atoms with Gasteiger partial charge in [0, 0.05) is 62.7 Å². The van der Waals surface area contributed by atoms with Crippen molar-refractivity contribution in [3.8, 4) is 22.3 Å². The molecule has 2 aromatic heterocycles. The number of benzene rings is 1. The van der Waals surface area contributed by atoms with E-state index in [0.29, 0.717) is 43.6 Å². The first kappa shape index (κ1) is 28.7. The van der Waals surface area contributed by atoms with Crippen molar-refractivity contribution in [3.05, 3.63) is 54.6 Å². The topological polar surface area (TPSA) is 110 Å². The lowest BCUT2D eigenvalue weighted by atomic mass is 9.90. The van der Waals surface area contributed by atoms with E-state index < -0.39 is 35.6 Å². The molecule has 1 amide bonds. The highest BCUT2D eigenvalue weighted by molar-refractivity contribution is 5.82. The highest BCUT2D eigenvalue weighted by Gasteiger charge is 2.45. The Morgan fingerprint density at radius 2 is 1.60 bits per heavy atom. The van der Waals surface area contributed by atoms with Gasteiger partial charge in [-0.25, -0.2) is 9.59 Å². The number of alkyl halides is 6. The number of carbonyl (C=O) groups excluding carboxylic acids is 1. The predicted molar refractivity (Wildman–Crippen MR) is 129 cm³/mol. The van der Waals surface area contributed by atoms with Crippen molar-refractivity contribution in [2.75, 3.05) is 24.5 Å². The minimum absolute atomic E-state index is 0.110. The molecule has 214 valence electrons. The molecule has 1 aromatic carbocycles. The van der Waals surface area contributed by atoms with Gasteiger partial charge in [-0.2, -0.15) is 31.4 Å². The molecule has 2 fully saturated rings. The van der Waals surface area contributed by atoms with Crippen LogP contribution in [0.1, 0.15) is 18.4 Å². The molecule has 1 spiro atoms. The number of ether oxygens (including phenoxy) is 1. The molecule has 40 heavy (non-hydrogen) atoms. The van der Waals surface area contributed by atoms with E-state index in [1.165, 1.54) is 6.20 Å². The van der Waals surface area contributed by atoms with Gasteiger partial charge in [-0.15, -0.1) is 0 Å². The van der Waals surface area contributed by atoms with Gasteiger partial charge in [0.15, 0.2) is 0 Å². The number of nitrogens with one attached hydrogen (secondary N) is 1. The number of alkyl carbamates (subject to hydrolysis) is 1. The maximum Gasteiger partial charge on any atom is 0.490 e. The minimum atomic E-state index is -5.08. The Kier molecular flexibility index (Phi) is 7.67. The van der Waals surface area contributed by atoms with Crippen molar-refractivity contribution >= 4 is 17.7 Å². The van der Waals surface area contributed by atoms with Gasteiger partial charge in [0.2, 0.25) is 0 Å². The van der Waals surface area contributed by atoms with Crippen LogP contribution >= 0.6 is 0 Å². The third-order valence-corrected chi connectivity index (χ3v) is 6.55. The molecular formula is C25H23F6N5O4. The van der Waals surface area contributed by atoms with Gasteiger partial charge < -0.3 is 20.1 Å². The van der Waals surface area contributed by atoms with Gasteiger partial charge in [-0.1, -0.05) is 24.3 Å². The Morgan fingerprint density at radius 3 is 2.08 bits per heavy atom. The highest BCUT2D eigenvalue weighted by Crippen LogP contribution is 2.44. The zero-order valence-corrected chi connectivity index (χ0v) is 20.9. The normalized spacial score (nSPS) is 16.7. The number of rotatable bonds is 3. The summed E-state index contributed by atoms with van der Waals surface area (Å²) >= 11 is 0. The van der Waals surface area contributed by atoms with Gasteiger partial charge in [-0.3, -0.25) is 9.67 Å². The fraction of sp³-hybridized carbons (Fsp3) is 0.360. The first-order valence-electron chi connectivity index (χ1n) is 11.9. The number of hydrogen-bond donors (Lipinski definition) is 2. The molecule has 3 aromatic rings. The summed E-state index contributed by atoms with van der Waals surface area (Å²) in [6.45, 7) is 1.05. The number of anilines is 1. The first-order valence-corrected chi connectivity index (χ1v) is 11.9. The van der Waals surface area contributed by atoms with Crippen LogP contribution in [0.2, 0.25) is 0 Å². The summed E-state index contributed by atoms with van der Waals surface area (Å²) in [7, 11) is 1.82. The maximum absolute atomic E-state index is 14.0. The van der Waals surface area contributed by atoms with Gasteiger partial charge >= 0.3 is 24.4 Å². The number of hydrogen-bond acceptors (Lipinski definition) is 6. The van der Waals surface area contributed by atoms with E-state index in [4.69, 9.17) is 14.6 Å². The van der Waals surface area contributed by atoms with Crippen LogP contribution in [0, 0.1) is 0 Å². The van der Waals surface area contributed by atoms with Crippen LogP contribution in [0.4, 0.5) is 36.8 Å². The number of pyridine rings is 1. The van der Waals surface area contributed by atoms with E-state index in [1.807, 2.05) is 25.4 Å². The number of piperidine rings is 1. The quantitative estimate of drug-likeness (QED) is 0.432. The Labute approximate surface area is 223 Å². The third kappa shape index (κ3) is 6.29. The van der Waals surface area contributed by atoms with Crippen molar-refractivity contribution in [2.24, 2.45) is 7.05 Å². The number of halogens is 6. The van der Waals surface area contributed by atoms with E-state index in [0.717, 1.165) is 17.3 Å². The molecule has 0 atom stereocenters. The molecule has 9 nitrogen and oxygen atoms in total. The Bertz CT molecular complexity index is 1380. The van der Waals surface area contributed by atoms with Gasteiger partial charge in [0.1, 0.15) is 5.60 Å². The molecular weight excluding hydrogens is 548 g/mol. The number of carboxylic acids is 1. The van der Waals surface area contributed by atoms with Crippen LogP contribution in [0.3, 0.4) is 0 Å². The number of aryl methyl sites for hydroxylation is 1. The van der Waals surface area contributed by atoms with E-state index >= 15 is 0 Å². The highest BCUT2D eigenvalue weighted by atomic mass is 19.4. The summed E-state index contributed by atoms with van der Waals surface area (Å²) in [6, 6.07) is 7.34. The summed E-state index contributed by atoms with van der Waals surface area (Å²) in [4.78, 5) is 26.0. The number of carboxylic acid groups (broad SMARTS) is 1. The van der Waals surface area contributed by atoms with Crippen LogP contribution in [0.25, 0.3) is 22.3 Å². The fourth-order valence-electron chi connectivity index (χ4n) is 4.54. The van der Waals surface area contributed by atoms with Crippen LogP contribution in [0.5, 0.6) is 0 Å².